The summed E-state index contributed by atoms with van der Waals surface area (Å²) in [6, 6.07) is 7.20. The van der Waals surface area contributed by atoms with Crippen LogP contribution in [0, 0.1) is 11.3 Å². The Morgan fingerprint density at radius 3 is 2.43 bits per heavy atom. The molecule has 0 spiro atoms. The third kappa shape index (κ3) is 6.78. The van der Waals surface area contributed by atoms with Crippen molar-refractivity contribution in [2.45, 2.75) is 50.9 Å². The van der Waals surface area contributed by atoms with Crippen LogP contribution in [-0.2, 0) is 19.5 Å². The second-order valence-corrected chi connectivity index (χ2v) is 10.3. The zero-order chi connectivity index (χ0) is 25.6. The van der Waals surface area contributed by atoms with Crippen LogP contribution < -0.4 is 10.0 Å². The summed E-state index contributed by atoms with van der Waals surface area (Å²) in [5, 5.41) is 43.6. The minimum Gasteiger partial charge on any atom is -0.388 e. The van der Waals surface area contributed by atoms with Gasteiger partial charge >= 0.3 is 0 Å². The van der Waals surface area contributed by atoms with Gasteiger partial charge in [0.2, 0.25) is 0 Å². The zero-order valence-electron chi connectivity index (χ0n) is 19.9. The van der Waals surface area contributed by atoms with E-state index in [1.165, 1.54) is 6.92 Å². The number of nitriles is 1. The Kier molecular flexibility index (Phi) is 9.62. The molecule has 1 unspecified atom stereocenters. The maximum atomic E-state index is 13.0. The molecule has 2 saturated heterocycles. The minimum absolute atomic E-state index is 0.201. The first-order chi connectivity index (χ1) is 16.7. The van der Waals surface area contributed by atoms with Crippen LogP contribution in [0.1, 0.15) is 25.8 Å². The number of ether oxygens (including phenoxy) is 2. The Labute approximate surface area is 206 Å². The summed E-state index contributed by atoms with van der Waals surface area (Å²) < 4.78 is 38.6. The van der Waals surface area contributed by atoms with Gasteiger partial charge in [0.15, 0.2) is 11.2 Å². The number of rotatable bonds is 9. The number of nitrogens with zero attached hydrogens (tertiary/aromatic N) is 2. The molecule has 5 atom stereocenters. The highest BCUT2D eigenvalue weighted by Gasteiger charge is 2.45. The molecule has 2 aliphatic rings. The predicted octanol–water partition coefficient (Wildman–Crippen LogP) is -0.178. The van der Waals surface area contributed by atoms with Crippen molar-refractivity contribution < 1.29 is 33.2 Å². The van der Waals surface area contributed by atoms with Crippen molar-refractivity contribution in [3.05, 3.63) is 34.7 Å². The highest BCUT2D eigenvalue weighted by molar-refractivity contribution is 7.93. The van der Waals surface area contributed by atoms with Gasteiger partial charge < -0.3 is 30.1 Å². The van der Waals surface area contributed by atoms with Gasteiger partial charge in [0, 0.05) is 31.9 Å². The van der Waals surface area contributed by atoms with Crippen molar-refractivity contribution in [3.63, 3.8) is 0 Å². The van der Waals surface area contributed by atoms with Crippen LogP contribution in [0.3, 0.4) is 0 Å². The van der Waals surface area contributed by atoms with Gasteiger partial charge in [0.05, 0.1) is 19.3 Å². The number of anilines is 1. The van der Waals surface area contributed by atoms with Crippen molar-refractivity contribution in [2.75, 3.05) is 44.7 Å². The SMILES string of the molecule is CC[C@H]1OC(O)[C@H](NS(=O)(=O)/C(C#N)=C(\C)c2ccc(NCCN3CCOCC3)cc2)[C@@H](O)[C@@H]1O. The van der Waals surface area contributed by atoms with Crippen LogP contribution in [0.25, 0.3) is 5.57 Å². The number of aliphatic hydroxyl groups is 3. The summed E-state index contributed by atoms with van der Waals surface area (Å²) >= 11 is 0. The molecular formula is C23H34N4O7S. The summed E-state index contributed by atoms with van der Waals surface area (Å²) in [4.78, 5) is 1.75. The van der Waals surface area contributed by atoms with Crippen molar-refractivity contribution in [2.24, 2.45) is 0 Å². The lowest BCUT2D eigenvalue weighted by molar-refractivity contribution is -0.244. The Bertz CT molecular complexity index is 1020. The maximum Gasteiger partial charge on any atom is 0.251 e. The summed E-state index contributed by atoms with van der Waals surface area (Å²) in [5.41, 5.74) is 1.59. The third-order valence-electron chi connectivity index (χ3n) is 6.30. The Balaban J connectivity index is 1.68. The second-order valence-electron chi connectivity index (χ2n) is 8.63. The smallest absolute Gasteiger partial charge is 0.251 e. The van der Waals surface area contributed by atoms with E-state index < -0.39 is 45.6 Å². The van der Waals surface area contributed by atoms with E-state index in [0.717, 1.165) is 45.1 Å². The molecule has 0 radical (unpaired) electrons. The largest absolute Gasteiger partial charge is 0.388 e. The molecule has 2 fully saturated rings. The highest BCUT2D eigenvalue weighted by Crippen LogP contribution is 2.26. The van der Waals surface area contributed by atoms with Gasteiger partial charge in [0.1, 0.15) is 24.3 Å². The van der Waals surface area contributed by atoms with Crippen LogP contribution >= 0.6 is 0 Å². The second kappa shape index (κ2) is 12.2. The Morgan fingerprint density at radius 2 is 1.83 bits per heavy atom. The van der Waals surface area contributed by atoms with Gasteiger partial charge in [0.25, 0.3) is 10.0 Å². The Hall–Kier alpha value is -2.08. The first-order valence-electron chi connectivity index (χ1n) is 11.6. The molecule has 0 aromatic heterocycles. The number of morpholine rings is 1. The average molecular weight is 511 g/mol. The number of nitrogens with one attached hydrogen (secondary N) is 2. The van der Waals surface area contributed by atoms with Gasteiger partial charge in [-0.15, -0.1) is 0 Å². The van der Waals surface area contributed by atoms with Gasteiger partial charge in [-0.3, -0.25) is 4.90 Å². The van der Waals surface area contributed by atoms with E-state index in [1.54, 1.807) is 37.3 Å². The molecule has 0 aliphatic carbocycles. The number of benzene rings is 1. The zero-order valence-corrected chi connectivity index (χ0v) is 20.7. The molecule has 11 nitrogen and oxygen atoms in total. The molecule has 35 heavy (non-hydrogen) atoms. The van der Waals surface area contributed by atoms with Gasteiger partial charge in [-0.1, -0.05) is 19.1 Å². The van der Waals surface area contributed by atoms with Gasteiger partial charge in [-0.25, -0.2) is 8.42 Å². The normalized spacial score (nSPS) is 28.7. The molecule has 0 amide bonds. The predicted molar refractivity (Wildman–Crippen MR) is 129 cm³/mol. The number of hydrogen-bond acceptors (Lipinski definition) is 10. The minimum atomic E-state index is -4.44. The van der Waals surface area contributed by atoms with E-state index in [0.29, 0.717) is 12.0 Å². The lowest BCUT2D eigenvalue weighted by Crippen LogP contribution is -2.63. The van der Waals surface area contributed by atoms with Crippen LogP contribution in [-0.4, -0.2) is 98.7 Å². The lowest BCUT2D eigenvalue weighted by atomic mass is 9.96. The van der Waals surface area contributed by atoms with E-state index in [9.17, 15) is 29.0 Å². The summed E-state index contributed by atoms with van der Waals surface area (Å²) in [7, 11) is -4.44. The van der Waals surface area contributed by atoms with Crippen molar-refractivity contribution in [3.8, 4) is 6.07 Å². The van der Waals surface area contributed by atoms with E-state index in [2.05, 4.69) is 14.9 Å². The monoisotopic (exact) mass is 510 g/mol. The molecule has 5 N–H and O–H groups in total. The van der Waals surface area contributed by atoms with E-state index in [-0.39, 0.29) is 5.57 Å². The molecular weight excluding hydrogens is 476 g/mol. The molecule has 0 saturated carbocycles. The van der Waals surface area contributed by atoms with Crippen molar-refractivity contribution in [1.29, 1.82) is 5.26 Å². The van der Waals surface area contributed by atoms with Crippen LogP contribution in [0.5, 0.6) is 0 Å². The quantitative estimate of drug-likeness (QED) is 0.282. The van der Waals surface area contributed by atoms with Crippen molar-refractivity contribution in [1.82, 2.24) is 9.62 Å². The fraction of sp³-hybridized carbons (Fsp3) is 0.609. The molecule has 2 heterocycles. The molecule has 12 heteroatoms. The van der Waals surface area contributed by atoms with Crippen LogP contribution in [0.4, 0.5) is 5.69 Å². The fourth-order valence-corrected chi connectivity index (χ4v) is 5.52. The molecule has 0 bridgehead atoms. The lowest BCUT2D eigenvalue weighted by Gasteiger charge is -2.40. The fourth-order valence-electron chi connectivity index (χ4n) is 4.15. The molecule has 194 valence electrons. The maximum absolute atomic E-state index is 13.0. The number of allylic oxidation sites excluding steroid dienone is 2. The molecule has 3 rings (SSSR count). The number of aliphatic hydroxyl groups excluding tert-OH is 3. The average Bonchev–Trinajstić information content (AvgIpc) is 2.85. The molecule has 1 aromatic rings. The summed E-state index contributed by atoms with van der Waals surface area (Å²) in [5.74, 6) is 0. The molecule has 2 aliphatic heterocycles. The molecule has 1 aromatic carbocycles. The van der Waals surface area contributed by atoms with E-state index in [1.807, 2.05) is 0 Å². The third-order valence-corrected chi connectivity index (χ3v) is 7.82. The number of sulfonamides is 1. The van der Waals surface area contributed by atoms with Gasteiger partial charge in [-0.05, 0) is 36.6 Å². The number of hydrogen-bond donors (Lipinski definition) is 5. The van der Waals surface area contributed by atoms with E-state index in [4.69, 9.17) is 9.47 Å². The summed E-state index contributed by atoms with van der Waals surface area (Å²) in [6.45, 7) is 8.12. The van der Waals surface area contributed by atoms with Crippen LogP contribution in [0.15, 0.2) is 29.2 Å². The van der Waals surface area contributed by atoms with Crippen molar-refractivity contribution >= 4 is 21.3 Å². The summed E-state index contributed by atoms with van der Waals surface area (Å²) in [6.07, 6.45) is -5.21. The Morgan fingerprint density at radius 1 is 1.17 bits per heavy atom. The van der Waals surface area contributed by atoms with E-state index >= 15 is 0 Å². The first-order valence-corrected chi connectivity index (χ1v) is 13.1. The topological polar surface area (TPSA) is 164 Å². The highest BCUT2D eigenvalue weighted by atomic mass is 32.2. The van der Waals surface area contributed by atoms with Crippen LogP contribution in [0.2, 0.25) is 0 Å². The standard InChI is InChI=1S/C23H34N4O7S/c1-3-18-21(28)22(29)20(23(30)34-18)26-35(31,32)19(14-24)15(2)16-4-6-17(7-5-16)25-8-9-27-10-12-33-13-11-27/h4-7,18,20-23,25-26,28-30H,3,8-13H2,1-2H3/b19-15+/t18-,20-,21-,22-,23?/m1/s1. The first kappa shape index (κ1) is 27.5. The van der Waals surface area contributed by atoms with Gasteiger partial charge in [-0.2, -0.15) is 9.98 Å².